The fourth-order valence-corrected chi connectivity index (χ4v) is 2.28. The highest BCUT2D eigenvalue weighted by Crippen LogP contribution is 2.40. The van der Waals surface area contributed by atoms with Crippen molar-refractivity contribution in [2.75, 3.05) is 0 Å². The Morgan fingerprint density at radius 2 is 2.06 bits per heavy atom. The van der Waals surface area contributed by atoms with E-state index in [1.807, 2.05) is 0 Å². The molecule has 0 N–H and O–H groups in total. The maximum atomic E-state index is 11.7. The van der Waals surface area contributed by atoms with Crippen molar-refractivity contribution in [3.63, 3.8) is 0 Å². The van der Waals surface area contributed by atoms with Gasteiger partial charge in [0.05, 0.1) is 24.2 Å². The van der Waals surface area contributed by atoms with E-state index in [2.05, 4.69) is 19.1 Å². The normalized spacial score (nSPS) is 23.9. The first-order valence-electron chi connectivity index (χ1n) is 6.12. The van der Waals surface area contributed by atoms with Crippen molar-refractivity contribution in [3.8, 4) is 12.1 Å². The second-order valence-electron chi connectivity index (χ2n) is 4.69. The monoisotopic (exact) mass is 234 g/mol. The Morgan fingerprint density at radius 1 is 1.41 bits per heavy atom. The fourth-order valence-electron chi connectivity index (χ4n) is 2.28. The third kappa shape index (κ3) is 2.77. The highest BCUT2D eigenvalue weighted by Gasteiger charge is 2.49. The number of carbonyl (C=O) groups is 1. The number of hydrogen-bond donors (Lipinski definition) is 0. The molecule has 1 rings (SSSR count). The van der Waals surface area contributed by atoms with Gasteiger partial charge < -0.3 is 4.74 Å². The van der Waals surface area contributed by atoms with Crippen molar-refractivity contribution in [3.05, 3.63) is 0 Å². The topological polar surface area (TPSA) is 73.9 Å². The lowest BCUT2D eigenvalue weighted by atomic mass is 9.73. The minimum atomic E-state index is -1.20. The van der Waals surface area contributed by atoms with Crippen LogP contribution >= 0.6 is 0 Å². The summed E-state index contributed by atoms with van der Waals surface area (Å²) in [6, 6.07) is 4.11. The summed E-state index contributed by atoms with van der Waals surface area (Å²) in [5.41, 5.74) is -1.20. The average Bonchev–Trinajstić information content (AvgIpc) is 2.65. The van der Waals surface area contributed by atoms with Crippen LogP contribution in [0, 0.1) is 34.0 Å². The van der Waals surface area contributed by atoms with Crippen LogP contribution in [0.1, 0.15) is 46.0 Å². The standard InChI is InChI=1S/C13H18N2O2/c1-3-4-5-6-13(8-14,9-15)11-7-10(2)17-12(11)16/h10-11H,3-7H2,1-2H3. The molecule has 0 aliphatic carbocycles. The van der Waals surface area contributed by atoms with Gasteiger partial charge in [-0.25, -0.2) is 0 Å². The first kappa shape index (κ1) is 13.5. The van der Waals surface area contributed by atoms with Crippen LogP contribution in [0.3, 0.4) is 0 Å². The number of nitriles is 2. The lowest BCUT2D eigenvalue weighted by molar-refractivity contribution is -0.145. The zero-order valence-corrected chi connectivity index (χ0v) is 10.4. The highest BCUT2D eigenvalue weighted by atomic mass is 16.5. The molecule has 2 atom stereocenters. The van der Waals surface area contributed by atoms with Gasteiger partial charge in [-0.2, -0.15) is 10.5 Å². The number of hydrogen-bond acceptors (Lipinski definition) is 4. The molecule has 0 spiro atoms. The maximum absolute atomic E-state index is 11.7. The van der Waals surface area contributed by atoms with Gasteiger partial charge >= 0.3 is 5.97 Å². The summed E-state index contributed by atoms with van der Waals surface area (Å²) in [6.07, 6.45) is 3.56. The Hall–Kier alpha value is -1.55. The van der Waals surface area contributed by atoms with E-state index in [1.165, 1.54) is 0 Å². The van der Waals surface area contributed by atoms with E-state index in [1.54, 1.807) is 6.92 Å². The van der Waals surface area contributed by atoms with Crippen LogP contribution in [0.25, 0.3) is 0 Å². The Bertz CT molecular complexity index is 351. The molecule has 1 fully saturated rings. The Balaban J connectivity index is 2.82. The van der Waals surface area contributed by atoms with Crippen molar-refractivity contribution < 1.29 is 9.53 Å². The van der Waals surface area contributed by atoms with Gasteiger partial charge in [0.15, 0.2) is 5.41 Å². The molecule has 4 nitrogen and oxygen atoms in total. The molecule has 92 valence electrons. The second kappa shape index (κ2) is 5.68. The van der Waals surface area contributed by atoms with Crippen molar-refractivity contribution in [1.82, 2.24) is 0 Å². The summed E-state index contributed by atoms with van der Waals surface area (Å²) in [4.78, 5) is 11.7. The number of nitrogens with zero attached hydrogens (tertiary/aromatic N) is 2. The fraction of sp³-hybridized carbons (Fsp3) is 0.769. The number of ether oxygens (including phenoxy) is 1. The molecule has 0 aromatic carbocycles. The number of rotatable bonds is 5. The first-order chi connectivity index (χ1) is 8.09. The van der Waals surface area contributed by atoms with Crippen molar-refractivity contribution in [2.45, 2.75) is 52.1 Å². The van der Waals surface area contributed by atoms with Crippen LogP contribution in [-0.4, -0.2) is 12.1 Å². The molecular weight excluding hydrogens is 216 g/mol. The smallest absolute Gasteiger partial charge is 0.312 e. The number of carbonyl (C=O) groups excluding carboxylic acids is 1. The molecule has 0 aromatic rings. The van der Waals surface area contributed by atoms with E-state index in [0.717, 1.165) is 19.3 Å². The van der Waals surface area contributed by atoms with E-state index < -0.39 is 17.3 Å². The summed E-state index contributed by atoms with van der Waals surface area (Å²) in [6.45, 7) is 3.86. The average molecular weight is 234 g/mol. The number of unbranched alkanes of at least 4 members (excludes halogenated alkanes) is 2. The van der Waals surface area contributed by atoms with Crippen LogP contribution in [0.2, 0.25) is 0 Å². The summed E-state index contributed by atoms with van der Waals surface area (Å²) in [5.74, 6) is -0.971. The SMILES string of the molecule is CCCCCC(C#N)(C#N)C1CC(C)OC1=O. The molecular formula is C13H18N2O2. The van der Waals surface area contributed by atoms with Crippen LogP contribution in [-0.2, 0) is 9.53 Å². The molecule has 0 radical (unpaired) electrons. The molecule has 4 heteroatoms. The van der Waals surface area contributed by atoms with E-state index in [9.17, 15) is 15.3 Å². The van der Waals surface area contributed by atoms with Crippen molar-refractivity contribution in [1.29, 1.82) is 10.5 Å². The predicted molar refractivity (Wildman–Crippen MR) is 61.5 cm³/mol. The molecule has 0 aromatic heterocycles. The molecule has 2 unspecified atom stereocenters. The van der Waals surface area contributed by atoms with Crippen LogP contribution in [0.4, 0.5) is 0 Å². The molecule has 17 heavy (non-hydrogen) atoms. The van der Waals surface area contributed by atoms with Gasteiger partial charge in [-0.1, -0.05) is 26.2 Å². The lowest BCUT2D eigenvalue weighted by Gasteiger charge is -2.22. The van der Waals surface area contributed by atoms with Gasteiger partial charge in [-0.05, 0) is 19.8 Å². The summed E-state index contributed by atoms with van der Waals surface area (Å²) >= 11 is 0. The third-order valence-electron chi connectivity index (χ3n) is 3.34. The predicted octanol–water partition coefficient (Wildman–Crippen LogP) is 2.55. The highest BCUT2D eigenvalue weighted by molar-refractivity contribution is 5.77. The van der Waals surface area contributed by atoms with Gasteiger partial charge in [0.25, 0.3) is 0 Å². The molecule has 0 amide bonds. The van der Waals surface area contributed by atoms with Crippen molar-refractivity contribution in [2.24, 2.45) is 11.3 Å². The summed E-state index contributed by atoms with van der Waals surface area (Å²) in [7, 11) is 0. The molecule has 1 aliphatic rings. The number of cyclic esters (lactones) is 1. The number of esters is 1. The molecule has 1 aliphatic heterocycles. The molecule has 1 saturated heterocycles. The van der Waals surface area contributed by atoms with Crippen LogP contribution in [0.15, 0.2) is 0 Å². The Labute approximate surface area is 102 Å². The minimum absolute atomic E-state index is 0.181. The summed E-state index contributed by atoms with van der Waals surface area (Å²) < 4.78 is 5.05. The second-order valence-corrected chi connectivity index (χ2v) is 4.69. The molecule has 1 heterocycles. The van der Waals surface area contributed by atoms with Gasteiger partial charge in [0.2, 0.25) is 0 Å². The minimum Gasteiger partial charge on any atom is -0.462 e. The Kier molecular flexibility index (Phi) is 4.52. The lowest BCUT2D eigenvalue weighted by Crippen LogP contribution is -2.31. The van der Waals surface area contributed by atoms with E-state index >= 15 is 0 Å². The zero-order valence-electron chi connectivity index (χ0n) is 10.4. The van der Waals surface area contributed by atoms with E-state index in [0.29, 0.717) is 12.8 Å². The van der Waals surface area contributed by atoms with E-state index in [4.69, 9.17) is 4.74 Å². The van der Waals surface area contributed by atoms with E-state index in [-0.39, 0.29) is 6.10 Å². The van der Waals surface area contributed by atoms with Crippen LogP contribution < -0.4 is 0 Å². The first-order valence-corrected chi connectivity index (χ1v) is 6.12. The van der Waals surface area contributed by atoms with Crippen molar-refractivity contribution >= 4 is 5.97 Å². The molecule has 0 bridgehead atoms. The van der Waals surface area contributed by atoms with Gasteiger partial charge in [0, 0.05) is 0 Å². The van der Waals surface area contributed by atoms with Gasteiger partial charge in [-0.3, -0.25) is 4.79 Å². The quantitative estimate of drug-likeness (QED) is 0.541. The van der Waals surface area contributed by atoms with Crippen LogP contribution in [0.5, 0.6) is 0 Å². The van der Waals surface area contributed by atoms with Gasteiger partial charge in [-0.15, -0.1) is 0 Å². The zero-order chi connectivity index (χ0) is 12.9. The summed E-state index contributed by atoms with van der Waals surface area (Å²) in [5, 5.41) is 18.5. The largest absolute Gasteiger partial charge is 0.462 e. The Morgan fingerprint density at radius 3 is 2.47 bits per heavy atom. The molecule has 0 saturated carbocycles. The maximum Gasteiger partial charge on any atom is 0.312 e. The third-order valence-corrected chi connectivity index (χ3v) is 3.34. The van der Waals surface area contributed by atoms with Gasteiger partial charge in [0.1, 0.15) is 0 Å².